The monoisotopic (exact) mass is 432 g/mol. The van der Waals surface area contributed by atoms with E-state index in [1.165, 1.54) is 0 Å². The van der Waals surface area contributed by atoms with Crippen molar-refractivity contribution in [2.75, 3.05) is 0 Å². The standard InChI is InChI=1S/C24H32O5S/c1-5-20(27)29-24(21(28)30)13(2)10-18-16-7-6-14-11-15(25)12-19(26)23(14,4)17(16)8-9-22(18,24)3/h11,13,16-18H,5-10,12H2,1-4H3,(H,28,30)/t13?,16-,17+,18+,22+,23+,24?/m1/s1. The highest BCUT2D eigenvalue weighted by molar-refractivity contribution is 7.96. The minimum absolute atomic E-state index is 0.00522. The Kier molecular flexibility index (Phi) is 5.12. The molecule has 0 saturated heterocycles. The van der Waals surface area contributed by atoms with Gasteiger partial charge in [-0.05, 0) is 62.9 Å². The minimum atomic E-state index is -1.22. The van der Waals surface area contributed by atoms with Crippen LogP contribution >= 0.6 is 12.6 Å². The molecule has 0 amide bonds. The quantitative estimate of drug-likeness (QED) is 0.413. The molecule has 3 fully saturated rings. The second-order valence-electron chi connectivity index (χ2n) is 10.3. The number of hydrogen-bond donors (Lipinski definition) is 1. The molecular weight excluding hydrogens is 400 g/mol. The van der Waals surface area contributed by atoms with Gasteiger partial charge in [-0.2, -0.15) is 0 Å². The predicted octanol–water partition coefficient (Wildman–Crippen LogP) is 4.09. The molecule has 0 spiro atoms. The Hall–Kier alpha value is -1.43. The number of fused-ring (bicyclic) bond motifs is 5. The lowest BCUT2D eigenvalue weighted by molar-refractivity contribution is -0.190. The summed E-state index contributed by atoms with van der Waals surface area (Å²) >= 11 is 4.24. The number of thiol groups is 1. The van der Waals surface area contributed by atoms with Crippen molar-refractivity contribution in [3.8, 4) is 0 Å². The van der Waals surface area contributed by atoms with Gasteiger partial charge in [0.25, 0.3) is 0 Å². The fraction of sp³-hybridized carbons (Fsp3) is 0.750. The maximum atomic E-state index is 13.1. The Labute approximate surface area is 183 Å². The largest absolute Gasteiger partial charge is 0.449 e. The summed E-state index contributed by atoms with van der Waals surface area (Å²) in [6, 6.07) is 0. The highest BCUT2D eigenvalue weighted by Crippen LogP contribution is 2.69. The molecule has 164 valence electrons. The van der Waals surface area contributed by atoms with Crippen LogP contribution in [0.1, 0.15) is 72.6 Å². The number of hydrogen-bond acceptors (Lipinski definition) is 5. The number of Topliss-reactive ketones (excluding diaryl/α,β-unsaturated/α-hetero) is 1. The van der Waals surface area contributed by atoms with E-state index in [-0.39, 0.29) is 59.2 Å². The Morgan fingerprint density at radius 2 is 1.90 bits per heavy atom. The molecule has 0 aromatic carbocycles. The van der Waals surface area contributed by atoms with E-state index in [4.69, 9.17) is 4.74 Å². The maximum Gasteiger partial charge on any atom is 0.306 e. The van der Waals surface area contributed by atoms with Crippen molar-refractivity contribution in [3.05, 3.63) is 11.6 Å². The molecule has 30 heavy (non-hydrogen) atoms. The topological polar surface area (TPSA) is 77.5 Å². The van der Waals surface area contributed by atoms with Crippen molar-refractivity contribution in [2.24, 2.45) is 34.5 Å². The van der Waals surface area contributed by atoms with Crippen LogP contribution in [0.2, 0.25) is 0 Å². The average Bonchev–Trinajstić information content (AvgIpc) is 2.91. The van der Waals surface area contributed by atoms with Crippen molar-refractivity contribution in [2.45, 2.75) is 78.2 Å². The summed E-state index contributed by atoms with van der Waals surface area (Å²) in [5.74, 6) is 0.0814. The van der Waals surface area contributed by atoms with Crippen molar-refractivity contribution in [1.82, 2.24) is 0 Å². The highest BCUT2D eigenvalue weighted by Gasteiger charge is 2.71. The first-order valence-corrected chi connectivity index (χ1v) is 11.7. The van der Waals surface area contributed by atoms with Crippen molar-refractivity contribution in [3.63, 3.8) is 0 Å². The van der Waals surface area contributed by atoms with Crippen LogP contribution in [0.3, 0.4) is 0 Å². The molecule has 4 aliphatic carbocycles. The van der Waals surface area contributed by atoms with Crippen LogP contribution in [0.25, 0.3) is 0 Å². The summed E-state index contributed by atoms with van der Waals surface area (Å²) in [4.78, 5) is 50.3. The molecule has 7 atom stereocenters. The number of ether oxygens (including phenoxy) is 1. The second-order valence-corrected chi connectivity index (χ2v) is 10.7. The molecule has 4 aliphatic rings. The third-order valence-electron chi connectivity index (χ3n) is 9.26. The number of carbonyl (C=O) groups excluding carboxylic acids is 4. The van der Waals surface area contributed by atoms with Gasteiger partial charge in [0.05, 0.1) is 11.8 Å². The second kappa shape index (κ2) is 7.04. The van der Waals surface area contributed by atoms with E-state index in [1.807, 2.05) is 13.8 Å². The zero-order valence-corrected chi connectivity index (χ0v) is 19.2. The van der Waals surface area contributed by atoms with Gasteiger partial charge in [-0.3, -0.25) is 19.2 Å². The van der Waals surface area contributed by atoms with Gasteiger partial charge in [-0.1, -0.05) is 26.3 Å². The molecule has 4 rings (SSSR count). The summed E-state index contributed by atoms with van der Waals surface area (Å²) in [5.41, 5.74) is -1.31. The summed E-state index contributed by atoms with van der Waals surface area (Å²) in [7, 11) is 0. The van der Waals surface area contributed by atoms with E-state index in [1.54, 1.807) is 13.0 Å². The molecule has 0 aromatic heterocycles. The van der Waals surface area contributed by atoms with E-state index >= 15 is 0 Å². The summed E-state index contributed by atoms with van der Waals surface area (Å²) in [5, 5.41) is -0.359. The molecule has 5 nitrogen and oxygen atoms in total. The van der Waals surface area contributed by atoms with E-state index in [9.17, 15) is 19.2 Å². The summed E-state index contributed by atoms with van der Waals surface area (Å²) in [6.45, 7) is 7.85. The van der Waals surface area contributed by atoms with Crippen LogP contribution in [-0.2, 0) is 23.9 Å². The fourth-order valence-corrected chi connectivity index (χ4v) is 8.24. The van der Waals surface area contributed by atoms with Gasteiger partial charge in [-0.15, -0.1) is 12.6 Å². The van der Waals surface area contributed by atoms with Gasteiger partial charge in [-0.25, -0.2) is 0 Å². The van der Waals surface area contributed by atoms with E-state index in [2.05, 4.69) is 19.6 Å². The summed E-state index contributed by atoms with van der Waals surface area (Å²) < 4.78 is 5.95. The van der Waals surface area contributed by atoms with Crippen LogP contribution in [0.15, 0.2) is 11.6 Å². The molecule has 2 unspecified atom stereocenters. The number of rotatable bonds is 3. The lowest BCUT2D eigenvalue weighted by atomic mass is 9.46. The van der Waals surface area contributed by atoms with Crippen LogP contribution in [-0.4, -0.2) is 28.3 Å². The number of allylic oxidation sites excluding steroid dienone is 1. The molecule has 0 radical (unpaired) electrons. The lowest BCUT2D eigenvalue weighted by Gasteiger charge is -2.58. The Morgan fingerprint density at radius 1 is 1.20 bits per heavy atom. The lowest BCUT2D eigenvalue weighted by Crippen LogP contribution is -2.60. The number of carbonyl (C=O) groups is 4. The van der Waals surface area contributed by atoms with Crippen LogP contribution < -0.4 is 0 Å². The highest BCUT2D eigenvalue weighted by atomic mass is 32.1. The fourth-order valence-electron chi connectivity index (χ4n) is 7.72. The van der Waals surface area contributed by atoms with Crippen LogP contribution in [0, 0.1) is 34.5 Å². The third-order valence-corrected chi connectivity index (χ3v) is 9.59. The first kappa shape index (κ1) is 21.8. The Bertz CT molecular complexity index is 862. The first-order valence-electron chi connectivity index (χ1n) is 11.2. The smallest absolute Gasteiger partial charge is 0.306 e. The Morgan fingerprint density at radius 3 is 2.53 bits per heavy atom. The van der Waals surface area contributed by atoms with E-state index in [0.717, 1.165) is 31.3 Å². The van der Waals surface area contributed by atoms with Crippen molar-refractivity contribution < 1.29 is 23.9 Å². The first-order chi connectivity index (χ1) is 14.0. The molecule has 0 heterocycles. The molecule has 0 aliphatic heterocycles. The van der Waals surface area contributed by atoms with E-state index < -0.39 is 16.4 Å². The van der Waals surface area contributed by atoms with Crippen LogP contribution in [0.4, 0.5) is 0 Å². The predicted molar refractivity (Wildman–Crippen MR) is 115 cm³/mol. The van der Waals surface area contributed by atoms with Gasteiger partial charge in [0.2, 0.25) is 5.12 Å². The average molecular weight is 433 g/mol. The molecule has 3 saturated carbocycles. The molecule has 6 heteroatoms. The van der Waals surface area contributed by atoms with Gasteiger partial charge >= 0.3 is 5.97 Å². The molecule has 0 N–H and O–H groups in total. The van der Waals surface area contributed by atoms with Gasteiger partial charge in [0, 0.05) is 17.8 Å². The zero-order chi connectivity index (χ0) is 22.1. The van der Waals surface area contributed by atoms with Gasteiger partial charge in [0.1, 0.15) is 0 Å². The third kappa shape index (κ3) is 2.61. The van der Waals surface area contributed by atoms with Gasteiger partial charge < -0.3 is 4.74 Å². The Balaban J connectivity index is 1.76. The minimum Gasteiger partial charge on any atom is -0.449 e. The number of esters is 1. The molecule has 0 bridgehead atoms. The van der Waals surface area contributed by atoms with Crippen molar-refractivity contribution in [1.29, 1.82) is 0 Å². The summed E-state index contributed by atoms with van der Waals surface area (Å²) in [6.07, 6.45) is 5.84. The normalized spacial score (nSPS) is 45.2. The SMILES string of the molecule is CCC(=O)OC1(C(=O)S)C(C)C[C@H]2[C@@H]3CCC4=CC(=O)CC(=O)[C@]4(C)[C@H]3CC[C@@]21C. The zero-order valence-electron chi connectivity index (χ0n) is 18.3. The van der Waals surface area contributed by atoms with E-state index in [0.29, 0.717) is 6.42 Å². The maximum absolute atomic E-state index is 13.1. The molecule has 0 aromatic rings. The molecular formula is C24H32O5S. The van der Waals surface area contributed by atoms with Crippen LogP contribution in [0.5, 0.6) is 0 Å². The van der Waals surface area contributed by atoms with Crippen molar-refractivity contribution >= 4 is 35.3 Å². The van der Waals surface area contributed by atoms with Gasteiger partial charge in [0.15, 0.2) is 17.2 Å². The number of ketones is 2.